The zero-order valence-electron chi connectivity index (χ0n) is 9.72. The first kappa shape index (κ1) is 11.4. The van der Waals surface area contributed by atoms with Gasteiger partial charge in [0.2, 0.25) is 0 Å². The molecule has 1 saturated carbocycles. The van der Waals surface area contributed by atoms with E-state index < -0.39 is 0 Å². The summed E-state index contributed by atoms with van der Waals surface area (Å²) < 4.78 is 3.17. The van der Waals surface area contributed by atoms with E-state index in [0.717, 1.165) is 18.7 Å². The second-order valence-electron chi connectivity index (χ2n) is 4.44. The molecule has 5 heteroatoms. The zero-order valence-corrected chi connectivity index (χ0v) is 9.72. The van der Waals surface area contributed by atoms with Crippen molar-refractivity contribution in [1.29, 1.82) is 0 Å². The number of hydrogen-bond donors (Lipinski definition) is 1. The number of aromatic nitrogens is 3. The summed E-state index contributed by atoms with van der Waals surface area (Å²) in [5.41, 5.74) is -0.0709. The number of aliphatic hydroxyl groups excluding tert-OH is 1. The van der Waals surface area contributed by atoms with Crippen LogP contribution in [0.3, 0.4) is 0 Å². The van der Waals surface area contributed by atoms with Crippen molar-refractivity contribution in [3.63, 3.8) is 0 Å². The van der Waals surface area contributed by atoms with E-state index in [2.05, 4.69) is 5.10 Å². The molecule has 1 aliphatic carbocycles. The molecule has 0 spiro atoms. The fourth-order valence-corrected chi connectivity index (χ4v) is 2.53. The molecule has 90 valence electrons. The van der Waals surface area contributed by atoms with E-state index >= 15 is 0 Å². The van der Waals surface area contributed by atoms with Gasteiger partial charge >= 0.3 is 5.69 Å². The Hall–Kier alpha value is -1.10. The smallest absolute Gasteiger partial charge is 0.346 e. The summed E-state index contributed by atoms with van der Waals surface area (Å²) in [6.45, 7) is 2.12. The second kappa shape index (κ2) is 4.82. The van der Waals surface area contributed by atoms with Gasteiger partial charge in [-0.2, -0.15) is 5.10 Å². The molecule has 1 N–H and O–H groups in total. The first-order valence-electron chi connectivity index (χ1n) is 6.01. The quantitative estimate of drug-likeness (QED) is 0.829. The topological polar surface area (TPSA) is 60.0 Å². The Morgan fingerprint density at radius 1 is 1.38 bits per heavy atom. The lowest BCUT2D eigenvalue weighted by Gasteiger charge is -2.22. The van der Waals surface area contributed by atoms with E-state index in [0.29, 0.717) is 12.6 Å². The maximum absolute atomic E-state index is 12.0. The van der Waals surface area contributed by atoms with E-state index in [-0.39, 0.29) is 12.3 Å². The van der Waals surface area contributed by atoms with Gasteiger partial charge in [-0.25, -0.2) is 9.48 Å². The highest BCUT2D eigenvalue weighted by atomic mass is 16.3. The van der Waals surface area contributed by atoms with E-state index in [1.165, 1.54) is 23.9 Å². The highest BCUT2D eigenvalue weighted by Gasteiger charge is 2.20. The lowest BCUT2D eigenvalue weighted by atomic mass is 9.95. The molecule has 2 rings (SSSR count). The molecule has 1 aromatic rings. The number of hydrogen-bond acceptors (Lipinski definition) is 3. The lowest BCUT2D eigenvalue weighted by molar-refractivity contribution is 0.265. The van der Waals surface area contributed by atoms with E-state index in [4.69, 9.17) is 5.11 Å². The molecule has 1 aromatic heterocycles. The van der Waals surface area contributed by atoms with Crippen LogP contribution in [0.5, 0.6) is 0 Å². The minimum Gasteiger partial charge on any atom is -0.394 e. The van der Waals surface area contributed by atoms with Crippen molar-refractivity contribution in [2.75, 3.05) is 6.61 Å². The monoisotopic (exact) mass is 225 g/mol. The molecule has 0 aromatic carbocycles. The Balaban J connectivity index is 2.28. The van der Waals surface area contributed by atoms with Crippen LogP contribution in [-0.4, -0.2) is 26.1 Å². The molecular weight excluding hydrogens is 206 g/mol. The number of rotatable bonds is 3. The van der Waals surface area contributed by atoms with Crippen molar-refractivity contribution in [1.82, 2.24) is 14.3 Å². The molecule has 0 amide bonds. The largest absolute Gasteiger partial charge is 0.394 e. The summed E-state index contributed by atoms with van der Waals surface area (Å²) in [6, 6.07) is 0.314. The van der Waals surface area contributed by atoms with E-state index in [9.17, 15) is 4.79 Å². The van der Waals surface area contributed by atoms with Crippen molar-refractivity contribution in [2.45, 2.75) is 51.6 Å². The van der Waals surface area contributed by atoms with Crippen LogP contribution in [0, 0.1) is 6.92 Å². The molecular formula is C11H19N3O2. The molecule has 0 aliphatic heterocycles. The summed E-state index contributed by atoms with van der Waals surface area (Å²) in [5, 5.41) is 13.0. The Labute approximate surface area is 94.7 Å². The molecule has 5 nitrogen and oxygen atoms in total. The third-order valence-electron chi connectivity index (χ3n) is 3.29. The Kier molecular flexibility index (Phi) is 3.43. The van der Waals surface area contributed by atoms with Gasteiger partial charge in [-0.05, 0) is 19.8 Å². The van der Waals surface area contributed by atoms with Gasteiger partial charge < -0.3 is 5.11 Å². The number of aryl methyl sites for hydroxylation is 1. The minimum absolute atomic E-state index is 0.0406. The van der Waals surface area contributed by atoms with Crippen molar-refractivity contribution in [3.8, 4) is 0 Å². The SMILES string of the molecule is Cc1nn(CCO)c(=O)n1C1CCCCC1. The first-order chi connectivity index (χ1) is 7.74. The highest BCUT2D eigenvalue weighted by molar-refractivity contribution is 4.89. The molecule has 1 fully saturated rings. The summed E-state index contributed by atoms with van der Waals surface area (Å²) in [7, 11) is 0. The molecule has 1 aliphatic rings. The van der Waals surface area contributed by atoms with Gasteiger partial charge in [0.25, 0.3) is 0 Å². The molecule has 0 bridgehead atoms. The maximum Gasteiger partial charge on any atom is 0.346 e. The van der Waals surface area contributed by atoms with Crippen LogP contribution in [0.15, 0.2) is 4.79 Å². The van der Waals surface area contributed by atoms with Gasteiger partial charge in [0, 0.05) is 6.04 Å². The molecule has 0 saturated heterocycles. The van der Waals surface area contributed by atoms with Crippen LogP contribution < -0.4 is 5.69 Å². The number of nitrogens with zero attached hydrogens (tertiary/aromatic N) is 3. The summed E-state index contributed by atoms with van der Waals surface area (Å²) >= 11 is 0. The van der Waals surface area contributed by atoms with Gasteiger partial charge in [-0.3, -0.25) is 4.57 Å². The Morgan fingerprint density at radius 3 is 2.69 bits per heavy atom. The first-order valence-corrected chi connectivity index (χ1v) is 6.01. The van der Waals surface area contributed by atoms with Crippen molar-refractivity contribution in [2.24, 2.45) is 0 Å². The van der Waals surface area contributed by atoms with Gasteiger partial charge in [-0.1, -0.05) is 19.3 Å². The van der Waals surface area contributed by atoms with Gasteiger partial charge in [0.05, 0.1) is 13.2 Å². The molecule has 16 heavy (non-hydrogen) atoms. The summed E-state index contributed by atoms with van der Waals surface area (Å²) in [5.74, 6) is 0.769. The fraction of sp³-hybridized carbons (Fsp3) is 0.818. The Bertz CT molecular complexity index is 402. The van der Waals surface area contributed by atoms with Crippen LogP contribution in [0.2, 0.25) is 0 Å². The van der Waals surface area contributed by atoms with Gasteiger partial charge in [0.15, 0.2) is 0 Å². The van der Waals surface area contributed by atoms with Crippen LogP contribution in [0.1, 0.15) is 44.0 Å². The molecule has 0 radical (unpaired) electrons. The summed E-state index contributed by atoms with van der Waals surface area (Å²) in [6.07, 6.45) is 5.82. The van der Waals surface area contributed by atoms with Crippen LogP contribution >= 0.6 is 0 Å². The second-order valence-corrected chi connectivity index (χ2v) is 4.44. The average Bonchev–Trinajstić information content (AvgIpc) is 2.56. The summed E-state index contributed by atoms with van der Waals surface area (Å²) in [4.78, 5) is 12.0. The number of aliphatic hydroxyl groups is 1. The van der Waals surface area contributed by atoms with Crippen molar-refractivity contribution >= 4 is 0 Å². The normalized spacial score (nSPS) is 17.9. The van der Waals surface area contributed by atoms with E-state index in [1.54, 1.807) is 4.57 Å². The zero-order chi connectivity index (χ0) is 11.5. The fourth-order valence-electron chi connectivity index (χ4n) is 2.53. The van der Waals surface area contributed by atoms with Crippen LogP contribution in [0.25, 0.3) is 0 Å². The lowest BCUT2D eigenvalue weighted by Crippen LogP contribution is -2.30. The third kappa shape index (κ3) is 2.04. The molecule has 0 unspecified atom stereocenters. The maximum atomic E-state index is 12.0. The standard InChI is InChI=1S/C11H19N3O2/c1-9-12-13(7-8-15)11(16)14(9)10-5-3-2-4-6-10/h10,15H,2-8H2,1H3. The van der Waals surface area contributed by atoms with Crippen LogP contribution in [-0.2, 0) is 6.54 Å². The highest BCUT2D eigenvalue weighted by Crippen LogP contribution is 2.27. The minimum atomic E-state index is -0.0709. The van der Waals surface area contributed by atoms with Crippen molar-refractivity contribution < 1.29 is 5.11 Å². The molecule has 1 heterocycles. The Morgan fingerprint density at radius 2 is 2.06 bits per heavy atom. The third-order valence-corrected chi connectivity index (χ3v) is 3.29. The van der Waals surface area contributed by atoms with Gasteiger partial charge in [-0.15, -0.1) is 0 Å². The van der Waals surface area contributed by atoms with E-state index in [1.807, 2.05) is 6.92 Å². The van der Waals surface area contributed by atoms with Crippen LogP contribution in [0.4, 0.5) is 0 Å². The predicted octanol–water partition coefficient (Wildman–Crippen LogP) is 0.851. The predicted molar refractivity (Wildman–Crippen MR) is 60.4 cm³/mol. The van der Waals surface area contributed by atoms with Gasteiger partial charge in [0.1, 0.15) is 5.82 Å². The molecule has 0 atom stereocenters. The van der Waals surface area contributed by atoms with Crippen molar-refractivity contribution in [3.05, 3.63) is 16.3 Å². The average molecular weight is 225 g/mol.